The number of fused-ring (bicyclic) bond motifs is 1. The molecule has 4 nitrogen and oxygen atoms in total. The van der Waals surface area contributed by atoms with Crippen LogP contribution in [0.25, 0.3) is 17.0 Å². The van der Waals surface area contributed by atoms with Crippen LogP contribution >= 0.6 is 0 Å². The Morgan fingerprint density at radius 2 is 1.39 bits per heavy atom. The number of hydrogen-bond acceptors (Lipinski definition) is 4. The lowest BCUT2D eigenvalue weighted by molar-refractivity contribution is 0.0983. The van der Waals surface area contributed by atoms with E-state index in [4.69, 9.17) is 4.42 Å². The molecule has 0 aliphatic heterocycles. The average molecular weight is 301 g/mol. The lowest BCUT2D eigenvalue weighted by atomic mass is 9.93. The summed E-state index contributed by atoms with van der Waals surface area (Å²) in [6.45, 7) is 0. The zero-order valence-corrected chi connectivity index (χ0v) is 12.0. The van der Waals surface area contributed by atoms with Crippen molar-refractivity contribution in [3.05, 3.63) is 83.8 Å². The summed E-state index contributed by atoms with van der Waals surface area (Å²) >= 11 is 0. The molecule has 0 saturated carbocycles. The zero-order valence-electron chi connectivity index (χ0n) is 12.0. The summed E-state index contributed by atoms with van der Waals surface area (Å²) in [6, 6.07) is 18.3. The fourth-order valence-corrected chi connectivity index (χ4v) is 2.56. The molecule has 1 aliphatic rings. The van der Waals surface area contributed by atoms with E-state index < -0.39 is 0 Å². The molecule has 0 atom stereocenters. The van der Waals surface area contributed by atoms with Crippen molar-refractivity contribution >= 4 is 17.1 Å². The van der Waals surface area contributed by atoms with Crippen LogP contribution in [0, 0.1) is 0 Å². The second-order valence-electron chi connectivity index (χ2n) is 5.18. The molecule has 1 heterocycles. The first-order valence-electron chi connectivity index (χ1n) is 7.16. The minimum atomic E-state index is -0.319. The monoisotopic (exact) mass is 301 g/mol. The van der Waals surface area contributed by atoms with Gasteiger partial charge in [0, 0.05) is 11.1 Å². The lowest BCUT2D eigenvalue weighted by Crippen LogP contribution is -2.15. The molecule has 2 aromatic carbocycles. The quantitative estimate of drug-likeness (QED) is 0.722. The number of nitrogens with zero attached hydrogens (tertiary/aromatic N) is 1. The highest BCUT2D eigenvalue weighted by atomic mass is 16.4. The molecular weight excluding hydrogens is 290 g/mol. The molecule has 1 aliphatic carbocycles. The van der Waals surface area contributed by atoms with E-state index in [1.807, 2.05) is 48.5 Å². The maximum absolute atomic E-state index is 12.7. The Bertz CT molecular complexity index is 937. The second kappa shape index (κ2) is 5.18. The van der Waals surface area contributed by atoms with Gasteiger partial charge in [-0.1, -0.05) is 48.5 Å². The van der Waals surface area contributed by atoms with Gasteiger partial charge in [-0.3, -0.25) is 9.59 Å². The molecule has 1 aromatic heterocycles. The molecule has 0 saturated heterocycles. The van der Waals surface area contributed by atoms with Gasteiger partial charge < -0.3 is 4.42 Å². The summed E-state index contributed by atoms with van der Waals surface area (Å²) in [5.74, 6) is -0.347. The van der Waals surface area contributed by atoms with Gasteiger partial charge in [0.05, 0.1) is 0 Å². The van der Waals surface area contributed by atoms with Crippen LogP contribution in [-0.2, 0) is 0 Å². The van der Waals surface area contributed by atoms with Gasteiger partial charge in [0.15, 0.2) is 5.69 Å². The first kappa shape index (κ1) is 13.4. The maximum Gasteiger partial charge on any atom is 0.231 e. The van der Waals surface area contributed by atoms with Crippen molar-refractivity contribution in [3.8, 4) is 11.5 Å². The van der Waals surface area contributed by atoms with Gasteiger partial charge >= 0.3 is 0 Å². The van der Waals surface area contributed by atoms with E-state index >= 15 is 0 Å². The van der Waals surface area contributed by atoms with Gasteiger partial charge in [0.1, 0.15) is 0 Å². The second-order valence-corrected chi connectivity index (χ2v) is 5.18. The third-order valence-corrected chi connectivity index (χ3v) is 3.69. The van der Waals surface area contributed by atoms with Crippen molar-refractivity contribution in [1.82, 2.24) is 4.98 Å². The Balaban J connectivity index is 1.81. The van der Waals surface area contributed by atoms with Crippen molar-refractivity contribution in [1.29, 1.82) is 0 Å². The molecule has 0 spiro atoms. The Hall–Kier alpha value is -3.27. The van der Waals surface area contributed by atoms with E-state index in [9.17, 15) is 9.59 Å². The Morgan fingerprint density at radius 1 is 0.783 bits per heavy atom. The number of aromatic nitrogens is 1. The standard InChI is InChI=1S/C19H11NO3/c21-15-11-14(12-7-3-1-4-8-12)17(22)18-16(15)20-19(23-18)13-9-5-2-6-10-13/h1-11H. The van der Waals surface area contributed by atoms with Crippen LogP contribution < -0.4 is 0 Å². The number of benzene rings is 2. The van der Waals surface area contributed by atoms with Crippen LogP contribution in [0.4, 0.5) is 0 Å². The minimum Gasteiger partial charge on any atom is -0.432 e. The van der Waals surface area contributed by atoms with Gasteiger partial charge in [-0.2, -0.15) is 0 Å². The number of hydrogen-bond donors (Lipinski definition) is 0. The summed E-state index contributed by atoms with van der Waals surface area (Å²) in [5.41, 5.74) is 1.82. The number of allylic oxidation sites excluding steroid dienone is 2. The highest BCUT2D eigenvalue weighted by Crippen LogP contribution is 2.31. The van der Waals surface area contributed by atoms with Crippen LogP contribution in [0.1, 0.15) is 26.6 Å². The third kappa shape index (κ3) is 2.21. The zero-order chi connectivity index (χ0) is 15.8. The molecule has 0 N–H and O–H groups in total. The number of carbonyl (C=O) groups excluding carboxylic acids is 2. The minimum absolute atomic E-state index is 0.00945. The van der Waals surface area contributed by atoms with Crippen molar-refractivity contribution in [2.75, 3.05) is 0 Å². The van der Waals surface area contributed by atoms with Crippen molar-refractivity contribution in [2.45, 2.75) is 0 Å². The van der Waals surface area contributed by atoms with Crippen LogP contribution in [0.2, 0.25) is 0 Å². The van der Waals surface area contributed by atoms with Crippen molar-refractivity contribution in [3.63, 3.8) is 0 Å². The van der Waals surface area contributed by atoms with E-state index in [0.29, 0.717) is 11.1 Å². The number of rotatable bonds is 2. The Labute approximate surface area is 132 Å². The van der Waals surface area contributed by atoms with E-state index in [1.54, 1.807) is 12.1 Å². The molecule has 4 rings (SSSR count). The number of Topliss-reactive ketones (excluding diaryl/α,β-unsaturated/α-hetero) is 1. The molecule has 0 radical (unpaired) electrons. The lowest BCUT2D eigenvalue weighted by Gasteiger charge is -2.09. The van der Waals surface area contributed by atoms with Crippen LogP contribution in [-0.4, -0.2) is 16.6 Å². The van der Waals surface area contributed by atoms with Crippen LogP contribution in [0.5, 0.6) is 0 Å². The predicted molar refractivity (Wildman–Crippen MR) is 85.0 cm³/mol. The van der Waals surface area contributed by atoms with E-state index in [0.717, 1.165) is 5.56 Å². The number of ketones is 2. The van der Waals surface area contributed by atoms with E-state index in [2.05, 4.69) is 4.98 Å². The van der Waals surface area contributed by atoms with Gasteiger partial charge in [0.2, 0.25) is 23.2 Å². The molecule has 0 bridgehead atoms. The molecule has 23 heavy (non-hydrogen) atoms. The maximum atomic E-state index is 12.7. The SMILES string of the molecule is O=C1C=C(c2ccccc2)C(=O)c2oc(-c3ccccc3)nc21. The smallest absolute Gasteiger partial charge is 0.231 e. The fraction of sp³-hybridized carbons (Fsp3) is 0. The molecule has 0 fully saturated rings. The highest BCUT2D eigenvalue weighted by molar-refractivity contribution is 6.37. The molecule has 110 valence electrons. The third-order valence-electron chi connectivity index (χ3n) is 3.69. The highest BCUT2D eigenvalue weighted by Gasteiger charge is 2.32. The molecule has 0 unspecified atom stereocenters. The molecule has 3 aromatic rings. The summed E-state index contributed by atoms with van der Waals surface area (Å²) in [7, 11) is 0. The van der Waals surface area contributed by atoms with Gasteiger partial charge in [-0.05, 0) is 23.8 Å². The molecule has 4 heteroatoms. The first-order valence-corrected chi connectivity index (χ1v) is 7.16. The fourth-order valence-electron chi connectivity index (χ4n) is 2.56. The van der Waals surface area contributed by atoms with Crippen molar-refractivity contribution in [2.24, 2.45) is 0 Å². The number of oxazole rings is 1. The summed E-state index contributed by atoms with van der Waals surface area (Å²) in [5, 5.41) is 0. The summed E-state index contributed by atoms with van der Waals surface area (Å²) < 4.78 is 5.60. The van der Waals surface area contributed by atoms with E-state index in [1.165, 1.54) is 6.08 Å². The number of carbonyl (C=O) groups is 2. The topological polar surface area (TPSA) is 60.2 Å². The van der Waals surface area contributed by atoms with Crippen molar-refractivity contribution < 1.29 is 14.0 Å². The van der Waals surface area contributed by atoms with Gasteiger partial charge in [-0.15, -0.1) is 0 Å². The molecular formula is C19H11NO3. The van der Waals surface area contributed by atoms with Gasteiger partial charge in [0.25, 0.3) is 0 Å². The van der Waals surface area contributed by atoms with E-state index in [-0.39, 0.29) is 28.9 Å². The Morgan fingerprint density at radius 3 is 2.04 bits per heavy atom. The first-order chi connectivity index (χ1) is 11.2. The van der Waals surface area contributed by atoms with Gasteiger partial charge in [-0.25, -0.2) is 4.98 Å². The predicted octanol–water partition coefficient (Wildman–Crippen LogP) is 3.80. The molecule has 0 amide bonds. The normalized spacial score (nSPS) is 13.7. The van der Waals surface area contributed by atoms with Crippen LogP contribution in [0.15, 0.2) is 71.2 Å². The van der Waals surface area contributed by atoms with Crippen LogP contribution in [0.3, 0.4) is 0 Å². The largest absolute Gasteiger partial charge is 0.432 e. The summed E-state index contributed by atoms with van der Waals surface area (Å²) in [6.07, 6.45) is 1.33. The average Bonchev–Trinajstić information content (AvgIpc) is 3.06. The summed E-state index contributed by atoms with van der Waals surface area (Å²) in [4.78, 5) is 29.2. The Kier molecular flexibility index (Phi) is 3.01.